The zero-order chi connectivity index (χ0) is 12.3. The Hall–Kier alpha value is -1.22. The van der Waals surface area contributed by atoms with Crippen LogP contribution in [0.1, 0.15) is 24.0 Å². The monoisotopic (exact) mass is 235 g/mol. The van der Waals surface area contributed by atoms with Crippen molar-refractivity contribution in [2.24, 2.45) is 0 Å². The molecule has 1 aromatic rings. The lowest BCUT2D eigenvalue weighted by atomic mass is 9.96. The van der Waals surface area contributed by atoms with Crippen molar-refractivity contribution in [3.8, 4) is 5.75 Å². The molecule has 0 fully saturated rings. The highest BCUT2D eigenvalue weighted by atomic mass is 16.5. The van der Waals surface area contributed by atoms with Crippen LogP contribution in [0.3, 0.4) is 0 Å². The lowest BCUT2D eigenvalue weighted by Gasteiger charge is -2.33. The Morgan fingerprint density at radius 2 is 2.24 bits per heavy atom. The van der Waals surface area contributed by atoms with Crippen molar-refractivity contribution < 1.29 is 9.84 Å². The van der Waals surface area contributed by atoms with Gasteiger partial charge in [-0.2, -0.15) is 0 Å². The molecular weight excluding hydrogens is 214 g/mol. The van der Waals surface area contributed by atoms with Crippen molar-refractivity contribution in [3.05, 3.63) is 23.3 Å². The van der Waals surface area contributed by atoms with E-state index < -0.39 is 0 Å². The van der Waals surface area contributed by atoms with Crippen molar-refractivity contribution in [2.75, 3.05) is 31.7 Å². The number of nitrogens with zero attached hydrogens (tertiary/aromatic N) is 1. The van der Waals surface area contributed by atoms with E-state index >= 15 is 0 Å². The number of fused-ring (bicyclic) bond motifs is 1. The third kappa shape index (κ3) is 2.39. The molecule has 1 aliphatic heterocycles. The number of hydrogen-bond donors (Lipinski definition) is 1. The molecular formula is C14H21NO2. The second-order valence-corrected chi connectivity index (χ2v) is 4.58. The molecule has 3 nitrogen and oxygen atoms in total. The maximum atomic E-state index is 8.97. The predicted molar refractivity (Wildman–Crippen MR) is 70.0 cm³/mol. The summed E-state index contributed by atoms with van der Waals surface area (Å²) in [6, 6.07) is 4.18. The minimum Gasteiger partial charge on any atom is -0.495 e. The van der Waals surface area contributed by atoms with Gasteiger partial charge in [-0.05, 0) is 43.4 Å². The summed E-state index contributed by atoms with van der Waals surface area (Å²) in [5, 5.41) is 8.97. The fourth-order valence-electron chi connectivity index (χ4n) is 2.59. The third-order valence-corrected chi connectivity index (χ3v) is 3.46. The first-order valence-electron chi connectivity index (χ1n) is 6.30. The average molecular weight is 235 g/mol. The van der Waals surface area contributed by atoms with Gasteiger partial charge < -0.3 is 14.7 Å². The van der Waals surface area contributed by atoms with Crippen LogP contribution in [0.25, 0.3) is 0 Å². The van der Waals surface area contributed by atoms with Gasteiger partial charge in [0, 0.05) is 19.7 Å². The molecule has 1 aliphatic rings. The number of ether oxygens (including phenoxy) is 1. The number of hydrogen-bond acceptors (Lipinski definition) is 3. The lowest BCUT2D eigenvalue weighted by molar-refractivity contribution is 0.289. The summed E-state index contributed by atoms with van der Waals surface area (Å²) in [5.74, 6) is 0.961. The predicted octanol–water partition coefficient (Wildman–Crippen LogP) is 2.14. The van der Waals surface area contributed by atoms with Gasteiger partial charge in [0.05, 0.1) is 12.8 Å². The highest BCUT2D eigenvalue weighted by molar-refractivity contribution is 5.67. The van der Waals surface area contributed by atoms with Crippen LogP contribution in [0.2, 0.25) is 0 Å². The number of rotatable bonds is 4. The summed E-state index contributed by atoms with van der Waals surface area (Å²) in [5.41, 5.74) is 4.00. The summed E-state index contributed by atoms with van der Waals surface area (Å²) >= 11 is 0. The molecule has 3 heteroatoms. The number of aliphatic hydroxyl groups is 1. The van der Waals surface area contributed by atoms with Crippen molar-refractivity contribution in [1.29, 1.82) is 0 Å². The normalized spacial score (nSPS) is 14.6. The van der Waals surface area contributed by atoms with Crippen molar-refractivity contribution in [2.45, 2.75) is 26.2 Å². The first-order valence-corrected chi connectivity index (χ1v) is 6.30. The van der Waals surface area contributed by atoms with Crippen molar-refractivity contribution >= 4 is 5.69 Å². The van der Waals surface area contributed by atoms with E-state index in [0.717, 1.165) is 31.7 Å². The van der Waals surface area contributed by atoms with Crippen LogP contribution in [0.4, 0.5) is 5.69 Å². The minimum atomic E-state index is 0.250. The van der Waals surface area contributed by atoms with Crippen LogP contribution >= 0.6 is 0 Å². The Bertz CT molecular complexity index is 390. The van der Waals surface area contributed by atoms with E-state index in [9.17, 15) is 0 Å². The van der Waals surface area contributed by atoms with E-state index in [2.05, 4.69) is 17.9 Å². The van der Waals surface area contributed by atoms with Crippen LogP contribution in [-0.4, -0.2) is 31.9 Å². The van der Waals surface area contributed by atoms with Gasteiger partial charge in [0.2, 0.25) is 0 Å². The van der Waals surface area contributed by atoms with E-state index in [1.165, 1.54) is 23.2 Å². The minimum absolute atomic E-state index is 0.250. The quantitative estimate of drug-likeness (QED) is 0.868. The lowest BCUT2D eigenvalue weighted by Crippen LogP contribution is -2.31. The maximum absolute atomic E-state index is 8.97. The Balaban J connectivity index is 2.36. The van der Waals surface area contributed by atoms with E-state index in [1.807, 2.05) is 6.07 Å². The zero-order valence-electron chi connectivity index (χ0n) is 10.7. The molecule has 1 aromatic carbocycles. The molecule has 0 unspecified atom stereocenters. The molecule has 0 spiro atoms. The summed E-state index contributed by atoms with van der Waals surface area (Å²) in [6.07, 6.45) is 3.14. The van der Waals surface area contributed by atoms with Crippen molar-refractivity contribution in [3.63, 3.8) is 0 Å². The molecule has 0 aliphatic carbocycles. The van der Waals surface area contributed by atoms with Gasteiger partial charge in [0.15, 0.2) is 0 Å². The molecule has 0 aromatic heterocycles. The van der Waals surface area contributed by atoms with Crippen LogP contribution in [0.15, 0.2) is 12.1 Å². The van der Waals surface area contributed by atoms with Gasteiger partial charge in [0.1, 0.15) is 5.75 Å². The van der Waals surface area contributed by atoms with Gasteiger partial charge in [-0.3, -0.25) is 0 Å². The fourth-order valence-corrected chi connectivity index (χ4v) is 2.59. The van der Waals surface area contributed by atoms with Gasteiger partial charge in [-0.1, -0.05) is 6.07 Å². The summed E-state index contributed by atoms with van der Waals surface area (Å²) in [6.45, 7) is 4.38. The maximum Gasteiger partial charge on any atom is 0.142 e. The Morgan fingerprint density at radius 3 is 2.94 bits per heavy atom. The van der Waals surface area contributed by atoms with E-state index in [4.69, 9.17) is 9.84 Å². The van der Waals surface area contributed by atoms with Crippen LogP contribution in [-0.2, 0) is 6.42 Å². The Labute approximate surface area is 103 Å². The van der Waals surface area contributed by atoms with E-state index in [1.54, 1.807) is 7.11 Å². The zero-order valence-corrected chi connectivity index (χ0v) is 10.7. The standard InChI is InChI=1S/C14H21NO2/c1-11-6-7-13(17-2)14-12(11)5-3-8-15(14)9-4-10-16/h6-7,16H,3-5,8-10H2,1-2H3. The van der Waals surface area contributed by atoms with E-state index in [0.29, 0.717) is 0 Å². The summed E-state index contributed by atoms with van der Waals surface area (Å²) in [7, 11) is 1.73. The average Bonchev–Trinajstić information content (AvgIpc) is 2.37. The topological polar surface area (TPSA) is 32.7 Å². The fraction of sp³-hybridized carbons (Fsp3) is 0.571. The molecule has 94 valence electrons. The molecule has 0 radical (unpaired) electrons. The second kappa shape index (κ2) is 5.41. The molecule has 17 heavy (non-hydrogen) atoms. The number of benzene rings is 1. The number of methoxy groups -OCH3 is 1. The molecule has 1 N–H and O–H groups in total. The molecule has 2 rings (SSSR count). The first-order chi connectivity index (χ1) is 8.27. The second-order valence-electron chi connectivity index (χ2n) is 4.58. The SMILES string of the molecule is COc1ccc(C)c2c1N(CCCO)CCC2. The summed E-state index contributed by atoms with van der Waals surface area (Å²) in [4.78, 5) is 2.35. The summed E-state index contributed by atoms with van der Waals surface area (Å²) < 4.78 is 5.47. The molecule has 0 saturated carbocycles. The van der Waals surface area contributed by atoms with Gasteiger partial charge in [-0.25, -0.2) is 0 Å². The Kier molecular flexibility index (Phi) is 3.89. The highest BCUT2D eigenvalue weighted by Gasteiger charge is 2.21. The molecule has 0 bridgehead atoms. The highest BCUT2D eigenvalue weighted by Crippen LogP contribution is 2.38. The van der Waals surface area contributed by atoms with Crippen molar-refractivity contribution in [1.82, 2.24) is 0 Å². The smallest absolute Gasteiger partial charge is 0.142 e. The van der Waals surface area contributed by atoms with Crippen LogP contribution < -0.4 is 9.64 Å². The molecule has 0 amide bonds. The molecule has 0 atom stereocenters. The number of anilines is 1. The largest absolute Gasteiger partial charge is 0.495 e. The first kappa shape index (κ1) is 12.2. The molecule has 0 saturated heterocycles. The third-order valence-electron chi connectivity index (χ3n) is 3.46. The van der Waals surface area contributed by atoms with E-state index in [-0.39, 0.29) is 6.61 Å². The number of aliphatic hydroxyl groups excluding tert-OH is 1. The number of aryl methyl sites for hydroxylation is 1. The van der Waals surface area contributed by atoms with Crippen LogP contribution in [0.5, 0.6) is 5.75 Å². The molecule has 1 heterocycles. The van der Waals surface area contributed by atoms with Crippen LogP contribution in [0, 0.1) is 6.92 Å². The van der Waals surface area contributed by atoms with Gasteiger partial charge in [0.25, 0.3) is 0 Å². The van der Waals surface area contributed by atoms with Gasteiger partial charge in [-0.15, -0.1) is 0 Å². The van der Waals surface area contributed by atoms with Gasteiger partial charge >= 0.3 is 0 Å². The Morgan fingerprint density at radius 1 is 1.41 bits per heavy atom.